The maximum Gasteiger partial charge on any atom is 0.407 e. The number of rotatable bonds is 6. The molecular weight excluding hydrogens is 358 g/mol. The van der Waals surface area contributed by atoms with E-state index in [0.717, 1.165) is 11.1 Å². The molecule has 0 aromatic heterocycles. The molecule has 28 heavy (non-hydrogen) atoms. The summed E-state index contributed by atoms with van der Waals surface area (Å²) in [6.45, 7) is 6.81. The number of benzene rings is 2. The Morgan fingerprint density at radius 2 is 1.54 bits per heavy atom. The fourth-order valence-electron chi connectivity index (χ4n) is 2.97. The fourth-order valence-corrected chi connectivity index (χ4v) is 2.97. The van der Waals surface area contributed by atoms with Gasteiger partial charge in [-0.3, -0.25) is 0 Å². The summed E-state index contributed by atoms with van der Waals surface area (Å²) >= 11 is 0. The zero-order chi connectivity index (χ0) is 20.9. The highest BCUT2D eigenvalue weighted by Crippen LogP contribution is 2.30. The van der Waals surface area contributed by atoms with Gasteiger partial charge in [0.25, 0.3) is 0 Å². The lowest BCUT2D eigenvalue weighted by Gasteiger charge is -2.33. The minimum absolute atomic E-state index is 0.183. The first kappa shape index (κ1) is 21.4. The summed E-state index contributed by atoms with van der Waals surface area (Å²) in [5.74, 6) is -1.44. The standard InChI is InChI=1S/C22H27NO5/c1-5-18(23-20(26)28-21(2,3)4)22(27,19(24)25)17-13-11-16(12-14-17)15-9-7-6-8-10-15/h6-14,18,27H,5H2,1-4H3,(H,23,26)(H,24,25)/t18?,22-/m1/s1. The number of carboxylic acid groups (broad SMARTS) is 1. The monoisotopic (exact) mass is 385 g/mol. The summed E-state index contributed by atoms with van der Waals surface area (Å²) in [4.78, 5) is 24.1. The highest BCUT2D eigenvalue weighted by Gasteiger charge is 2.46. The molecule has 6 heteroatoms. The first-order valence-corrected chi connectivity index (χ1v) is 9.19. The average molecular weight is 385 g/mol. The van der Waals surface area contributed by atoms with Crippen molar-refractivity contribution in [2.75, 3.05) is 0 Å². The van der Waals surface area contributed by atoms with Gasteiger partial charge >= 0.3 is 12.1 Å². The molecule has 0 radical (unpaired) electrons. The van der Waals surface area contributed by atoms with Crippen LogP contribution < -0.4 is 5.32 Å². The third-order valence-corrected chi connectivity index (χ3v) is 4.36. The molecule has 150 valence electrons. The summed E-state index contributed by atoms with van der Waals surface area (Å²) in [6, 6.07) is 15.2. The van der Waals surface area contributed by atoms with E-state index in [0.29, 0.717) is 0 Å². The smallest absolute Gasteiger partial charge is 0.407 e. The Balaban J connectivity index is 2.33. The predicted octanol–water partition coefficient (Wildman–Crippen LogP) is 3.93. The summed E-state index contributed by atoms with van der Waals surface area (Å²) in [6.07, 6.45) is -0.581. The van der Waals surface area contributed by atoms with Gasteiger partial charge in [-0.2, -0.15) is 0 Å². The SMILES string of the molecule is CCC(NC(=O)OC(C)(C)C)[C@@](O)(C(=O)O)c1ccc(-c2ccccc2)cc1. The first-order chi connectivity index (χ1) is 13.1. The minimum atomic E-state index is -2.29. The van der Waals surface area contributed by atoms with Crippen molar-refractivity contribution in [3.8, 4) is 11.1 Å². The summed E-state index contributed by atoms with van der Waals surface area (Å²) in [7, 11) is 0. The van der Waals surface area contributed by atoms with Crippen molar-refractivity contribution in [3.05, 3.63) is 60.2 Å². The molecule has 0 saturated heterocycles. The number of hydrogen-bond donors (Lipinski definition) is 3. The van der Waals surface area contributed by atoms with Crippen molar-refractivity contribution in [1.82, 2.24) is 5.32 Å². The van der Waals surface area contributed by atoms with Crippen molar-refractivity contribution in [1.29, 1.82) is 0 Å². The van der Waals surface area contributed by atoms with Crippen molar-refractivity contribution < 1.29 is 24.5 Å². The van der Waals surface area contributed by atoms with Crippen molar-refractivity contribution in [2.45, 2.75) is 51.4 Å². The number of amides is 1. The second-order valence-electron chi connectivity index (χ2n) is 7.62. The molecule has 0 aliphatic rings. The number of alkyl carbamates (subject to hydrolysis) is 1. The number of ether oxygens (including phenoxy) is 1. The van der Waals surface area contributed by atoms with E-state index >= 15 is 0 Å². The molecule has 0 fully saturated rings. The van der Waals surface area contributed by atoms with Crippen LogP contribution in [0.1, 0.15) is 39.7 Å². The Bertz CT molecular complexity index is 811. The summed E-state index contributed by atoms with van der Waals surface area (Å²) in [5.41, 5.74) is -0.971. The van der Waals surface area contributed by atoms with E-state index in [4.69, 9.17) is 4.74 Å². The minimum Gasteiger partial charge on any atom is -0.479 e. The van der Waals surface area contributed by atoms with Gasteiger partial charge in [-0.15, -0.1) is 0 Å². The molecule has 0 bridgehead atoms. The van der Waals surface area contributed by atoms with Crippen LogP contribution in [-0.4, -0.2) is 33.9 Å². The third-order valence-electron chi connectivity index (χ3n) is 4.36. The number of aliphatic carboxylic acids is 1. The molecule has 2 aromatic rings. The maximum atomic E-state index is 12.1. The Morgan fingerprint density at radius 1 is 1.00 bits per heavy atom. The number of carbonyl (C=O) groups excluding carboxylic acids is 1. The van der Waals surface area contributed by atoms with Crippen LogP contribution in [0.4, 0.5) is 4.79 Å². The lowest BCUT2D eigenvalue weighted by atomic mass is 9.84. The molecule has 2 rings (SSSR count). The van der Waals surface area contributed by atoms with E-state index in [2.05, 4.69) is 5.32 Å². The Morgan fingerprint density at radius 3 is 2.00 bits per heavy atom. The van der Waals surface area contributed by atoms with Gasteiger partial charge in [0, 0.05) is 0 Å². The highest BCUT2D eigenvalue weighted by molar-refractivity contribution is 5.82. The topological polar surface area (TPSA) is 95.9 Å². The molecule has 2 atom stereocenters. The molecule has 3 N–H and O–H groups in total. The zero-order valence-corrected chi connectivity index (χ0v) is 16.6. The van der Waals surface area contributed by atoms with Crippen molar-refractivity contribution in [3.63, 3.8) is 0 Å². The zero-order valence-electron chi connectivity index (χ0n) is 16.6. The van der Waals surface area contributed by atoms with E-state index in [9.17, 15) is 19.8 Å². The summed E-state index contributed by atoms with van der Waals surface area (Å²) in [5, 5.41) is 23.3. The van der Waals surface area contributed by atoms with Crippen LogP contribution in [-0.2, 0) is 15.1 Å². The second-order valence-corrected chi connectivity index (χ2v) is 7.62. The lowest BCUT2D eigenvalue weighted by molar-refractivity contribution is -0.163. The van der Waals surface area contributed by atoms with Gasteiger partial charge in [0.15, 0.2) is 0 Å². The van der Waals surface area contributed by atoms with Crippen LogP contribution in [0.2, 0.25) is 0 Å². The number of carboxylic acids is 1. The summed E-state index contributed by atoms with van der Waals surface area (Å²) < 4.78 is 5.20. The van der Waals surface area contributed by atoms with E-state index in [1.165, 1.54) is 0 Å². The van der Waals surface area contributed by atoms with E-state index in [1.807, 2.05) is 30.3 Å². The average Bonchev–Trinajstić information content (AvgIpc) is 2.64. The normalized spacial score (nSPS) is 14.6. The fraction of sp³-hybridized carbons (Fsp3) is 0.364. The molecule has 1 unspecified atom stereocenters. The Hall–Kier alpha value is -2.86. The number of aliphatic hydroxyl groups is 1. The molecule has 0 aliphatic carbocycles. The van der Waals surface area contributed by atoms with Crippen LogP contribution >= 0.6 is 0 Å². The molecule has 1 amide bonds. The van der Waals surface area contributed by atoms with Crippen LogP contribution in [0.3, 0.4) is 0 Å². The molecule has 0 spiro atoms. The molecule has 0 aliphatic heterocycles. The van der Waals surface area contributed by atoms with Gasteiger partial charge in [0.2, 0.25) is 5.60 Å². The number of nitrogens with one attached hydrogen (secondary N) is 1. The van der Waals surface area contributed by atoms with Gasteiger partial charge in [-0.1, -0.05) is 61.5 Å². The van der Waals surface area contributed by atoms with Crippen LogP contribution in [0.5, 0.6) is 0 Å². The van der Waals surface area contributed by atoms with Crippen molar-refractivity contribution in [2.24, 2.45) is 0 Å². The maximum absolute atomic E-state index is 12.1. The van der Waals surface area contributed by atoms with Gasteiger partial charge < -0.3 is 20.3 Å². The van der Waals surface area contributed by atoms with Crippen LogP contribution in [0.15, 0.2) is 54.6 Å². The van der Waals surface area contributed by atoms with E-state index in [-0.39, 0.29) is 12.0 Å². The molecule has 0 heterocycles. The Kier molecular flexibility index (Phi) is 6.46. The lowest BCUT2D eigenvalue weighted by Crippen LogP contribution is -2.55. The van der Waals surface area contributed by atoms with Gasteiger partial charge in [0.1, 0.15) is 5.60 Å². The number of hydrogen-bond acceptors (Lipinski definition) is 4. The largest absolute Gasteiger partial charge is 0.479 e. The van der Waals surface area contributed by atoms with Crippen molar-refractivity contribution >= 4 is 12.1 Å². The van der Waals surface area contributed by atoms with Gasteiger partial charge in [0.05, 0.1) is 6.04 Å². The molecular formula is C22H27NO5. The van der Waals surface area contributed by atoms with Crippen LogP contribution in [0.25, 0.3) is 11.1 Å². The molecule has 2 aromatic carbocycles. The highest BCUT2D eigenvalue weighted by atomic mass is 16.6. The van der Waals surface area contributed by atoms with Gasteiger partial charge in [-0.05, 0) is 43.9 Å². The predicted molar refractivity (Wildman–Crippen MR) is 107 cm³/mol. The molecule has 0 saturated carbocycles. The Labute approximate surface area is 165 Å². The van der Waals surface area contributed by atoms with E-state index < -0.39 is 29.3 Å². The van der Waals surface area contributed by atoms with E-state index in [1.54, 1.807) is 52.0 Å². The number of carbonyl (C=O) groups is 2. The third kappa shape index (κ3) is 4.89. The second kappa shape index (κ2) is 8.44. The molecule has 6 nitrogen and oxygen atoms in total. The van der Waals surface area contributed by atoms with Crippen LogP contribution in [0, 0.1) is 0 Å². The first-order valence-electron chi connectivity index (χ1n) is 9.19. The van der Waals surface area contributed by atoms with Gasteiger partial charge in [-0.25, -0.2) is 9.59 Å². The quantitative estimate of drug-likeness (QED) is 0.700.